The van der Waals surface area contributed by atoms with Crippen molar-refractivity contribution < 1.29 is 9.90 Å². The number of hydrogen-bond donors (Lipinski definition) is 3. The van der Waals surface area contributed by atoms with Crippen molar-refractivity contribution in [2.75, 3.05) is 11.9 Å². The highest BCUT2D eigenvalue weighted by Gasteiger charge is 2.27. The van der Waals surface area contributed by atoms with Crippen LogP contribution < -0.4 is 10.6 Å². The van der Waals surface area contributed by atoms with Crippen molar-refractivity contribution in [2.24, 2.45) is 5.92 Å². The Bertz CT molecular complexity index is 686. The first kappa shape index (κ1) is 18.9. The monoisotopic (exact) mass is 341 g/mol. The second kappa shape index (κ2) is 8.62. The van der Waals surface area contributed by atoms with E-state index in [0.29, 0.717) is 12.1 Å². The van der Waals surface area contributed by atoms with Gasteiger partial charge in [-0.15, -0.1) is 0 Å². The summed E-state index contributed by atoms with van der Waals surface area (Å²) in [5.74, 6) is -0.0929. The Morgan fingerprint density at radius 1 is 1.28 bits per heavy atom. The molecular formula is C20H27N3O2. The van der Waals surface area contributed by atoms with Crippen LogP contribution in [0.2, 0.25) is 0 Å². The van der Waals surface area contributed by atoms with Crippen LogP contribution in [0.4, 0.5) is 5.69 Å². The summed E-state index contributed by atoms with van der Waals surface area (Å²) >= 11 is 0. The third kappa shape index (κ3) is 5.29. The predicted molar refractivity (Wildman–Crippen MR) is 100 cm³/mol. The summed E-state index contributed by atoms with van der Waals surface area (Å²) in [7, 11) is 0. The quantitative estimate of drug-likeness (QED) is 0.689. The van der Waals surface area contributed by atoms with Crippen molar-refractivity contribution in [3.63, 3.8) is 0 Å². The van der Waals surface area contributed by atoms with Crippen molar-refractivity contribution in [3.05, 3.63) is 59.9 Å². The first-order chi connectivity index (χ1) is 11.9. The van der Waals surface area contributed by atoms with Crippen LogP contribution in [0.5, 0.6) is 0 Å². The Balaban J connectivity index is 2.02. The van der Waals surface area contributed by atoms with Crippen LogP contribution in [0.3, 0.4) is 0 Å². The SMILES string of the molecule is CCC(C)C(C)(O)CNC(=O)c1ccccc1NCc1cccnc1. The van der Waals surface area contributed by atoms with Gasteiger partial charge in [-0.2, -0.15) is 0 Å². The van der Waals surface area contributed by atoms with E-state index >= 15 is 0 Å². The molecule has 2 aromatic rings. The van der Waals surface area contributed by atoms with E-state index in [1.807, 2.05) is 44.2 Å². The van der Waals surface area contributed by atoms with Gasteiger partial charge in [-0.1, -0.05) is 38.5 Å². The second-order valence-corrected chi connectivity index (χ2v) is 6.61. The van der Waals surface area contributed by atoms with Gasteiger partial charge in [0.2, 0.25) is 0 Å². The molecule has 0 spiro atoms. The van der Waals surface area contributed by atoms with Crippen LogP contribution in [0, 0.1) is 5.92 Å². The van der Waals surface area contributed by atoms with E-state index in [2.05, 4.69) is 15.6 Å². The first-order valence-electron chi connectivity index (χ1n) is 8.66. The molecule has 2 unspecified atom stereocenters. The molecule has 1 heterocycles. The third-order valence-corrected chi connectivity index (χ3v) is 4.66. The number of pyridine rings is 1. The van der Waals surface area contributed by atoms with Crippen molar-refractivity contribution in [3.8, 4) is 0 Å². The highest BCUT2D eigenvalue weighted by Crippen LogP contribution is 2.20. The van der Waals surface area contributed by atoms with Gasteiger partial charge in [0.25, 0.3) is 5.91 Å². The fourth-order valence-electron chi connectivity index (χ4n) is 2.50. The molecule has 1 aromatic heterocycles. The van der Waals surface area contributed by atoms with Gasteiger partial charge in [0.15, 0.2) is 0 Å². The molecule has 0 aliphatic carbocycles. The second-order valence-electron chi connectivity index (χ2n) is 6.61. The highest BCUT2D eigenvalue weighted by molar-refractivity contribution is 5.99. The Labute approximate surface area is 149 Å². The Morgan fingerprint density at radius 3 is 2.72 bits per heavy atom. The molecule has 2 rings (SSSR count). The number of hydrogen-bond acceptors (Lipinski definition) is 4. The first-order valence-corrected chi connectivity index (χ1v) is 8.66. The number of carbonyl (C=O) groups is 1. The summed E-state index contributed by atoms with van der Waals surface area (Å²) in [4.78, 5) is 16.6. The van der Waals surface area contributed by atoms with Gasteiger partial charge < -0.3 is 15.7 Å². The molecule has 0 aliphatic rings. The molecule has 5 nitrogen and oxygen atoms in total. The maximum absolute atomic E-state index is 12.6. The lowest BCUT2D eigenvalue weighted by Gasteiger charge is -2.29. The number of nitrogens with one attached hydrogen (secondary N) is 2. The Kier molecular flexibility index (Phi) is 6.53. The molecule has 0 saturated carbocycles. The number of aromatic nitrogens is 1. The number of amides is 1. The Morgan fingerprint density at radius 2 is 2.04 bits per heavy atom. The molecule has 1 amide bonds. The smallest absolute Gasteiger partial charge is 0.253 e. The third-order valence-electron chi connectivity index (χ3n) is 4.66. The van der Waals surface area contributed by atoms with Crippen LogP contribution in [0.15, 0.2) is 48.8 Å². The van der Waals surface area contributed by atoms with Gasteiger partial charge >= 0.3 is 0 Å². The molecule has 0 bridgehead atoms. The van der Waals surface area contributed by atoms with E-state index < -0.39 is 5.60 Å². The summed E-state index contributed by atoms with van der Waals surface area (Å²) in [6.45, 7) is 6.57. The van der Waals surface area contributed by atoms with Crippen LogP contribution in [0.1, 0.15) is 43.1 Å². The predicted octanol–water partition coefficient (Wildman–Crippen LogP) is 3.22. The van der Waals surface area contributed by atoms with Crippen LogP contribution in [-0.4, -0.2) is 28.1 Å². The van der Waals surface area contributed by atoms with Gasteiger partial charge in [0.1, 0.15) is 0 Å². The number of aliphatic hydroxyl groups is 1. The molecule has 5 heteroatoms. The molecule has 3 N–H and O–H groups in total. The lowest BCUT2D eigenvalue weighted by Crippen LogP contribution is -2.45. The van der Waals surface area contributed by atoms with Crippen LogP contribution >= 0.6 is 0 Å². The molecule has 0 saturated heterocycles. The number of carbonyl (C=O) groups excluding carboxylic acids is 1. The summed E-state index contributed by atoms with van der Waals surface area (Å²) < 4.78 is 0. The fraction of sp³-hybridized carbons (Fsp3) is 0.400. The largest absolute Gasteiger partial charge is 0.388 e. The summed E-state index contributed by atoms with van der Waals surface area (Å²) in [6, 6.07) is 11.2. The van der Waals surface area contributed by atoms with E-state index in [1.54, 1.807) is 25.4 Å². The lowest BCUT2D eigenvalue weighted by atomic mass is 9.88. The molecule has 1 aromatic carbocycles. The number of nitrogens with zero attached hydrogens (tertiary/aromatic N) is 1. The van der Waals surface area contributed by atoms with Crippen molar-refractivity contribution >= 4 is 11.6 Å². The zero-order valence-corrected chi connectivity index (χ0v) is 15.1. The maximum atomic E-state index is 12.6. The lowest BCUT2D eigenvalue weighted by molar-refractivity contribution is 0.00593. The minimum Gasteiger partial charge on any atom is -0.388 e. The van der Waals surface area contributed by atoms with E-state index in [1.165, 1.54) is 0 Å². The fourth-order valence-corrected chi connectivity index (χ4v) is 2.50. The maximum Gasteiger partial charge on any atom is 0.253 e. The molecular weight excluding hydrogens is 314 g/mol. The number of anilines is 1. The number of para-hydroxylation sites is 1. The zero-order chi connectivity index (χ0) is 18.3. The van der Waals surface area contributed by atoms with Gasteiger partial charge in [-0.3, -0.25) is 9.78 Å². The topological polar surface area (TPSA) is 74.2 Å². The van der Waals surface area contributed by atoms with Gasteiger partial charge in [-0.05, 0) is 36.6 Å². The van der Waals surface area contributed by atoms with Crippen LogP contribution in [-0.2, 0) is 6.54 Å². The molecule has 25 heavy (non-hydrogen) atoms. The van der Waals surface area contributed by atoms with E-state index in [9.17, 15) is 9.90 Å². The highest BCUT2D eigenvalue weighted by atomic mass is 16.3. The van der Waals surface area contributed by atoms with Crippen molar-refractivity contribution in [1.29, 1.82) is 0 Å². The average molecular weight is 341 g/mol. The van der Waals surface area contributed by atoms with Crippen LogP contribution in [0.25, 0.3) is 0 Å². The standard InChI is InChI=1S/C20H27N3O2/c1-4-15(2)20(3,25)14-23-19(24)17-9-5-6-10-18(17)22-13-16-8-7-11-21-12-16/h5-12,15,22,25H,4,13-14H2,1-3H3,(H,23,24). The summed E-state index contributed by atoms with van der Waals surface area (Å²) in [5, 5.41) is 16.6. The normalized spacial score (nSPS) is 14.4. The number of benzene rings is 1. The average Bonchev–Trinajstić information content (AvgIpc) is 2.64. The van der Waals surface area contributed by atoms with Gasteiger partial charge in [-0.25, -0.2) is 0 Å². The Hall–Kier alpha value is -2.40. The van der Waals surface area contributed by atoms with Crippen molar-refractivity contribution in [2.45, 2.75) is 39.3 Å². The molecule has 134 valence electrons. The van der Waals surface area contributed by atoms with Gasteiger partial charge in [0, 0.05) is 31.2 Å². The molecule has 0 aliphatic heterocycles. The summed E-state index contributed by atoms with van der Waals surface area (Å²) in [5.41, 5.74) is 1.43. The van der Waals surface area contributed by atoms with E-state index in [0.717, 1.165) is 17.7 Å². The minimum atomic E-state index is -0.928. The van der Waals surface area contributed by atoms with E-state index in [-0.39, 0.29) is 18.4 Å². The number of rotatable bonds is 8. The minimum absolute atomic E-state index is 0.103. The molecule has 2 atom stereocenters. The molecule has 0 radical (unpaired) electrons. The van der Waals surface area contributed by atoms with Gasteiger partial charge in [0.05, 0.1) is 11.2 Å². The molecule has 0 fully saturated rings. The van der Waals surface area contributed by atoms with E-state index in [4.69, 9.17) is 0 Å². The zero-order valence-electron chi connectivity index (χ0n) is 15.1. The summed E-state index contributed by atoms with van der Waals surface area (Å²) in [6.07, 6.45) is 4.37. The van der Waals surface area contributed by atoms with Crippen molar-refractivity contribution in [1.82, 2.24) is 10.3 Å².